The van der Waals surface area contributed by atoms with Gasteiger partial charge in [0.05, 0.1) is 11.9 Å². The summed E-state index contributed by atoms with van der Waals surface area (Å²) in [4.78, 5) is 17.6. The number of aromatic nitrogens is 3. The molecule has 3 heterocycles. The summed E-state index contributed by atoms with van der Waals surface area (Å²) >= 11 is 1.43. The van der Waals surface area contributed by atoms with Crippen LogP contribution in [0, 0.1) is 12.8 Å². The molecule has 1 unspecified atom stereocenters. The minimum absolute atomic E-state index is 0. The zero-order valence-corrected chi connectivity index (χ0v) is 16.9. The zero-order valence-electron chi connectivity index (χ0n) is 14.4. The van der Waals surface area contributed by atoms with Crippen LogP contribution in [0.15, 0.2) is 12.4 Å². The molecule has 0 saturated carbocycles. The van der Waals surface area contributed by atoms with Gasteiger partial charge in [0.25, 0.3) is 5.91 Å². The van der Waals surface area contributed by atoms with E-state index in [-0.39, 0.29) is 30.7 Å². The van der Waals surface area contributed by atoms with Gasteiger partial charge in [-0.3, -0.25) is 9.48 Å². The van der Waals surface area contributed by atoms with Gasteiger partial charge in [-0.25, -0.2) is 4.98 Å². The number of aryl methyl sites for hydroxylation is 2. The predicted octanol–water partition coefficient (Wildman–Crippen LogP) is 2.82. The molecule has 1 amide bonds. The number of hydrogen-bond donors (Lipinski definition) is 2. The van der Waals surface area contributed by atoms with E-state index in [1.165, 1.54) is 24.2 Å². The Morgan fingerprint density at radius 3 is 2.92 bits per heavy atom. The van der Waals surface area contributed by atoms with Crippen molar-refractivity contribution in [2.45, 2.75) is 26.2 Å². The van der Waals surface area contributed by atoms with Crippen molar-refractivity contribution in [2.24, 2.45) is 13.0 Å². The van der Waals surface area contributed by atoms with Crippen molar-refractivity contribution in [3.8, 4) is 10.6 Å². The Hall–Kier alpha value is -1.15. The summed E-state index contributed by atoms with van der Waals surface area (Å²) in [6.07, 6.45) is 7.22. The van der Waals surface area contributed by atoms with E-state index in [2.05, 4.69) is 20.7 Å². The van der Waals surface area contributed by atoms with Crippen LogP contribution in [0.3, 0.4) is 0 Å². The number of amides is 1. The highest BCUT2D eigenvalue weighted by molar-refractivity contribution is 7.17. The van der Waals surface area contributed by atoms with Crippen LogP contribution < -0.4 is 10.6 Å². The van der Waals surface area contributed by atoms with Crippen molar-refractivity contribution in [3.05, 3.63) is 23.0 Å². The summed E-state index contributed by atoms with van der Waals surface area (Å²) in [5.74, 6) is 0.663. The lowest BCUT2D eigenvalue weighted by Gasteiger charge is -2.22. The Balaban J connectivity index is 0.00000156. The lowest BCUT2D eigenvalue weighted by Crippen LogP contribution is -2.33. The third kappa shape index (κ3) is 5.67. The van der Waals surface area contributed by atoms with Gasteiger partial charge in [0.2, 0.25) is 0 Å². The van der Waals surface area contributed by atoms with Crippen molar-refractivity contribution in [3.63, 3.8) is 0 Å². The first-order valence-electron chi connectivity index (χ1n) is 8.09. The first-order chi connectivity index (χ1) is 11.1. The van der Waals surface area contributed by atoms with Gasteiger partial charge in [0.15, 0.2) is 0 Å². The van der Waals surface area contributed by atoms with Crippen LogP contribution in [0.5, 0.6) is 0 Å². The Morgan fingerprint density at radius 2 is 2.28 bits per heavy atom. The fraction of sp³-hybridized carbons (Fsp3) is 0.562. The third-order valence-electron chi connectivity index (χ3n) is 4.19. The quantitative estimate of drug-likeness (QED) is 0.801. The Kier molecular flexibility index (Phi) is 8.85. The third-order valence-corrected chi connectivity index (χ3v) is 5.40. The van der Waals surface area contributed by atoms with Gasteiger partial charge in [-0.05, 0) is 45.2 Å². The molecule has 6 nitrogen and oxygen atoms in total. The molecule has 1 aliphatic heterocycles. The molecule has 2 N–H and O–H groups in total. The lowest BCUT2D eigenvalue weighted by molar-refractivity contribution is 0.0954. The lowest BCUT2D eigenvalue weighted by atomic mass is 9.96. The van der Waals surface area contributed by atoms with Crippen molar-refractivity contribution >= 4 is 42.1 Å². The molecular formula is C16H25Cl2N5OS. The summed E-state index contributed by atoms with van der Waals surface area (Å²) in [6, 6.07) is 0. The molecule has 0 aliphatic carbocycles. The fourth-order valence-electron chi connectivity index (χ4n) is 2.90. The van der Waals surface area contributed by atoms with Crippen molar-refractivity contribution in [2.75, 3.05) is 19.6 Å². The van der Waals surface area contributed by atoms with Gasteiger partial charge in [0.1, 0.15) is 9.88 Å². The Morgan fingerprint density at radius 1 is 1.48 bits per heavy atom. The minimum atomic E-state index is -0.0149. The summed E-state index contributed by atoms with van der Waals surface area (Å²) in [5, 5.41) is 11.4. The van der Waals surface area contributed by atoms with Crippen LogP contribution in [0.4, 0.5) is 0 Å². The maximum Gasteiger partial charge on any atom is 0.263 e. The summed E-state index contributed by atoms with van der Waals surface area (Å²) in [5.41, 5.74) is 1.73. The molecule has 0 aromatic carbocycles. The highest BCUT2D eigenvalue weighted by atomic mass is 35.5. The van der Waals surface area contributed by atoms with Crippen LogP contribution in [0.2, 0.25) is 0 Å². The first-order valence-corrected chi connectivity index (χ1v) is 8.90. The van der Waals surface area contributed by atoms with Gasteiger partial charge in [0, 0.05) is 25.4 Å². The number of carbonyl (C=O) groups is 1. The van der Waals surface area contributed by atoms with Gasteiger partial charge < -0.3 is 10.6 Å². The largest absolute Gasteiger partial charge is 0.351 e. The number of hydrogen-bond acceptors (Lipinski definition) is 5. The standard InChI is InChI=1S/C16H23N5OS.2ClH/c1-11-14(23-16(20-11)13-9-19-21(2)10-13)15(22)18-7-5-12-4-3-6-17-8-12;;/h9-10,12,17H,3-8H2,1-2H3,(H,18,22);2*1H. The zero-order chi connectivity index (χ0) is 16.2. The summed E-state index contributed by atoms with van der Waals surface area (Å²) in [7, 11) is 1.87. The van der Waals surface area contributed by atoms with Crippen LogP contribution in [-0.4, -0.2) is 40.3 Å². The second kappa shape index (κ2) is 10.1. The molecule has 1 atom stereocenters. The van der Waals surface area contributed by atoms with E-state index < -0.39 is 0 Å². The average Bonchev–Trinajstić information content (AvgIpc) is 3.14. The summed E-state index contributed by atoms with van der Waals surface area (Å²) in [6.45, 7) is 4.81. The Labute approximate surface area is 164 Å². The van der Waals surface area contributed by atoms with E-state index in [9.17, 15) is 4.79 Å². The van der Waals surface area contributed by atoms with Crippen LogP contribution in [-0.2, 0) is 7.05 Å². The topological polar surface area (TPSA) is 71.8 Å². The highest BCUT2D eigenvalue weighted by Crippen LogP contribution is 2.27. The molecule has 1 aliphatic rings. The molecule has 0 bridgehead atoms. The maximum atomic E-state index is 12.4. The van der Waals surface area contributed by atoms with E-state index in [1.807, 2.05) is 20.2 Å². The fourth-order valence-corrected chi connectivity index (χ4v) is 3.86. The number of nitrogens with zero attached hydrogens (tertiary/aromatic N) is 3. The first kappa shape index (κ1) is 21.9. The maximum absolute atomic E-state index is 12.4. The monoisotopic (exact) mass is 405 g/mol. The van der Waals surface area contributed by atoms with Crippen LogP contribution in [0.1, 0.15) is 34.6 Å². The van der Waals surface area contributed by atoms with Gasteiger partial charge in [-0.2, -0.15) is 5.10 Å². The average molecular weight is 406 g/mol. The van der Waals surface area contributed by atoms with Crippen LogP contribution in [0.25, 0.3) is 10.6 Å². The smallest absolute Gasteiger partial charge is 0.263 e. The molecule has 1 fully saturated rings. The number of rotatable bonds is 5. The number of halogens is 2. The van der Waals surface area contributed by atoms with E-state index in [0.29, 0.717) is 10.8 Å². The normalized spacial score (nSPS) is 16.6. The summed E-state index contributed by atoms with van der Waals surface area (Å²) < 4.78 is 1.74. The molecule has 3 rings (SSSR count). The van der Waals surface area contributed by atoms with E-state index in [1.54, 1.807) is 10.9 Å². The molecule has 0 radical (unpaired) electrons. The van der Waals surface area contributed by atoms with E-state index >= 15 is 0 Å². The second-order valence-corrected chi connectivity index (χ2v) is 7.09. The predicted molar refractivity (Wildman–Crippen MR) is 106 cm³/mol. The van der Waals surface area contributed by atoms with E-state index in [0.717, 1.165) is 42.3 Å². The minimum Gasteiger partial charge on any atom is -0.351 e. The Bertz CT molecular complexity index is 682. The molecular weight excluding hydrogens is 381 g/mol. The van der Waals surface area contributed by atoms with E-state index in [4.69, 9.17) is 0 Å². The molecule has 2 aromatic rings. The van der Waals surface area contributed by atoms with Gasteiger partial charge in [-0.15, -0.1) is 36.2 Å². The SMILES string of the molecule is Cc1nc(-c2cnn(C)c2)sc1C(=O)NCCC1CCCNC1.Cl.Cl. The molecule has 0 spiro atoms. The van der Waals surface area contributed by atoms with Crippen molar-refractivity contribution < 1.29 is 4.79 Å². The molecule has 140 valence electrons. The van der Waals surface area contributed by atoms with Crippen molar-refractivity contribution in [1.29, 1.82) is 0 Å². The van der Waals surface area contributed by atoms with Crippen LogP contribution >= 0.6 is 36.2 Å². The molecule has 9 heteroatoms. The van der Waals surface area contributed by atoms with Gasteiger partial charge in [-0.1, -0.05) is 0 Å². The van der Waals surface area contributed by atoms with Crippen molar-refractivity contribution in [1.82, 2.24) is 25.4 Å². The highest BCUT2D eigenvalue weighted by Gasteiger charge is 2.18. The van der Waals surface area contributed by atoms with Gasteiger partial charge >= 0.3 is 0 Å². The molecule has 1 saturated heterocycles. The number of carbonyl (C=O) groups excluding carboxylic acids is 1. The number of nitrogens with one attached hydrogen (secondary N) is 2. The second-order valence-electron chi connectivity index (χ2n) is 6.09. The molecule has 2 aromatic heterocycles. The number of piperidine rings is 1. The number of thiazole rings is 1. The molecule has 25 heavy (non-hydrogen) atoms.